The first-order valence-electron chi connectivity index (χ1n) is 9.05. The normalized spacial score (nSPS) is 10.8. The highest BCUT2D eigenvalue weighted by Gasteiger charge is 2.17. The maximum atomic E-state index is 12.7. The van der Waals surface area contributed by atoms with Gasteiger partial charge >= 0.3 is 11.7 Å². The number of carbonyl (C=O) groups excluding carboxylic acids is 2. The van der Waals surface area contributed by atoms with Crippen molar-refractivity contribution < 1.29 is 14.3 Å². The van der Waals surface area contributed by atoms with Gasteiger partial charge in [-0.25, -0.2) is 4.79 Å². The van der Waals surface area contributed by atoms with E-state index in [-0.39, 0.29) is 22.3 Å². The molecule has 3 rings (SSSR count). The molecule has 0 unspecified atom stereocenters. The molecule has 0 radical (unpaired) electrons. The third kappa shape index (κ3) is 4.92. The van der Waals surface area contributed by atoms with Gasteiger partial charge in [0.25, 0.3) is 11.5 Å². The highest BCUT2D eigenvalue weighted by Crippen LogP contribution is 2.33. The summed E-state index contributed by atoms with van der Waals surface area (Å²) >= 11 is 17.8. The molecule has 1 heterocycles. The van der Waals surface area contributed by atoms with Crippen molar-refractivity contribution in [1.29, 1.82) is 0 Å². The lowest BCUT2D eigenvalue weighted by atomic mass is 10.2. The van der Waals surface area contributed by atoms with E-state index in [1.165, 1.54) is 12.1 Å². The van der Waals surface area contributed by atoms with Gasteiger partial charge < -0.3 is 10.1 Å². The molecule has 0 bridgehead atoms. The van der Waals surface area contributed by atoms with Crippen molar-refractivity contribution in [2.24, 2.45) is 0 Å². The fourth-order valence-corrected chi connectivity index (χ4v) is 3.87. The number of rotatable bonds is 6. The minimum atomic E-state index is -0.836. The summed E-state index contributed by atoms with van der Waals surface area (Å²) in [6.07, 6.45) is 0. The molecule has 0 spiro atoms. The number of anilines is 1. The Morgan fingerprint density at radius 2 is 1.68 bits per heavy atom. The van der Waals surface area contributed by atoms with E-state index in [4.69, 9.17) is 39.5 Å². The van der Waals surface area contributed by atoms with Crippen LogP contribution in [0.15, 0.2) is 46.0 Å². The van der Waals surface area contributed by atoms with Gasteiger partial charge in [-0.05, 0) is 31.2 Å². The zero-order chi connectivity index (χ0) is 22.7. The number of amides is 1. The van der Waals surface area contributed by atoms with Crippen LogP contribution in [0.2, 0.25) is 15.1 Å². The van der Waals surface area contributed by atoms with Crippen molar-refractivity contribution in [3.8, 4) is 0 Å². The lowest BCUT2D eigenvalue weighted by molar-refractivity contribution is -0.147. The summed E-state index contributed by atoms with van der Waals surface area (Å²) in [6, 6.07) is 9.23. The van der Waals surface area contributed by atoms with E-state index >= 15 is 0 Å². The number of halogens is 3. The molecule has 162 valence electrons. The van der Waals surface area contributed by atoms with E-state index in [1.54, 1.807) is 31.2 Å². The van der Waals surface area contributed by atoms with Gasteiger partial charge in [0.1, 0.15) is 6.54 Å². The van der Waals surface area contributed by atoms with E-state index in [2.05, 4.69) is 5.32 Å². The number of fused-ring (bicyclic) bond motifs is 1. The van der Waals surface area contributed by atoms with Gasteiger partial charge in [0, 0.05) is 11.6 Å². The van der Waals surface area contributed by atoms with Crippen molar-refractivity contribution >= 4 is 63.3 Å². The van der Waals surface area contributed by atoms with Crippen molar-refractivity contribution in [1.82, 2.24) is 9.13 Å². The summed E-state index contributed by atoms with van der Waals surface area (Å²) in [5, 5.41) is 3.27. The molecule has 8 nitrogen and oxygen atoms in total. The highest BCUT2D eigenvalue weighted by atomic mass is 35.5. The number of hydrogen-bond donors (Lipinski definition) is 1. The standard InChI is InChI=1S/C20H16Cl3N3O5/c1-2-25-19(29)12-5-3-4-6-15(12)26(20(25)30)9-17(28)31-10-16(27)24-18-13(22)7-11(21)8-14(18)23/h3-8H,2,9-10H2,1H3,(H,24,27). The zero-order valence-electron chi connectivity index (χ0n) is 16.2. The smallest absolute Gasteiger partial charge is 0.332 e. The molecule has 0 atom stereocenters. The first-order valence-corrected chi connectivity index (χ1v) is 10.2. The summed E-state index contributed by atoms with van der Waals surface area (Å²) in [5.74, 6) is -1.52. The Hall–Kier alpha value is -2.81. The molecule has 2 aromatic carbocycles. The number of aromatic nitrogens is 2. The van der Waals surface area contributed by atoms with Gasteiger partial charge in [0.05, 0.1) is 26.6 Å². The van der Waals surface area contributed by atoms with E-state index in [0.29, 0.717) is 15.9 Å². The summed E-state index contributed by atoms with van der Waals surface area (Å²) in [4.78, 5) is 49.5. The van der Waals surface area contributed by atoms with E-state index in [0.717, 1.165) is 9.13 Å². The Kier molecular flexibility index (Phi) is 7.04. The zero-order valence-corrected chi connectivity index (χ0v) is 18.4. The minimum Gasteiger partial charge on any atom is -0.454 e. The SMILES string of the molecule is CCn1c(=O)c2ccccc2n(CC(=O)OCC(=O)Nc2c(Cl)cc(Cl)cc2Cl)c1=O. The molecule has 31 heavy (non-hydrogen) atoms. The van der Waals surface area contributed by atoms with Crippen molar-refractivity contribution in [2.75, 3.05) is 11.9 Å². The number of ether oxygens (including phenoxy) is 1. The lowest BCUT2D eigenvalue weighted by Gasteiger charge is -2.13. The van der Waals surface area contributed by atoms with Crippen molar-refractivity contribution in [2.45, 2.75) is 20.0 Å². The second-order valence-electron chi connectivity index (χ2n) is 6.39. The number of benzene rings is 2. The van der Waals surface area contributed by atoms with Gasteiger partial charge in [-0.1, -0.05) is 46.9 Å². The van der Waals surface area contributed by atoms with Crippen LogP contribution in [-0.4, -0.2) is 27.6 Å². The maximum Gasteiger partial charge on any atom is 0.332 e. The van der Waals surface area contributed by atoms with Gasteiger partial charge in [0.15, 0.2) is 6.61 Å². The lowest BCUT2D eigenvalue weighted by Crippen LogP contribution is -2.41. The molecule has 0 saturated heterocycles. The number of nitrogens with zero attached hydrogens (tertiary/aromatic N) is 2. The molecular formula is C20H16Cl3N3O5. The topological polar surface area (TPSA) is 99.4 Å². The quantitative estimate of drug-likeness (QED) is 0.541. The molecule has 0 aliphatic carbocycles. The van der Waals surface area contributed by atoms with E-state index in [9.17, 15) is 19.2 Å². The van der Waals surface area contributed by atoms with Crippen LogP contribution >= 0.6 is 34.8 Å². The monoisotopic (exact) mass is 483 g/mol. The molecule has 1 N–H and O–H groups in total. The van der Waals surface area contributed by atoms with Crippen LogP contribution in [0.25, 0.3) is 10.9 Å². The number of hydrogen-bond acceptors (Lipinski definition) is 5. The molecule has 0 saturated carbocycles. The fraction of sp³-hybridized carbons (Fsp3) is 0.200. The minimum absolute atomic E-state index is 0.122. The van der Waals surface area contributed by atoms with Gasteiger partial charge in [-0.2, -0.15) is 0 Å². The fourth-order valence-electron chi connectivity index (χ4n) is 2.96. The molecular weight excluding hydrogens is 469 g/mol. The van der Waals surface area contributed by atoms with E-state index < -0.39 is 36.3 Å². The van der Waals surface area contributed by atoms with Gasteiger partial charge in [-0.15, -0.1) is 0 Å². The van der Waals surface area contributed by atoms with Crippen LogP contribution in [-0.2, 0) is 27.4 Å². The predicted octanol–water partition coefficient (Wildman–Crippen LogP) is 3.33. The Morgan fingerprint density at radius 1 is 1.03 bits per heavy atom. The van der Waals surface area contributed by atoms with Crippen molar-refractivity contribution in [3.63, 3.8) is 0 Å². The largest absolute Gasteiger partial charge is 0.454 e. The van der Waals surface area contributed by atoms with E-state index in [1.807, 2.05) is 0 Å². The van der Waals surface area contributed by atoms with Crippen LogP contribution in [0.5, 0.6) is 0 Å². The molecule has 0 aliphatic heterocycles. The number of carbonyl (C=O) groups is 2. The third-order valence-electron chi connectivity index (χ3n) is 4.37. The first kappa shape index (κ1) is 22.9. The molecule has 1 amide bonds. The molecule has 3 aromatic rings. The summed E-state index contributed by atoms with van der Waals surface area (Å²) in [7, 11) is 0. The Morgan fingerprint density at radius 3 is 2.32 bits per heavy atom. The van der Waals surface area contributed by atoms with Crippen LogP contribution in [0.1, 0.15) is 6.92 Å². The number of para-hydroxylation sites is 1. The second-order valence-corrected chi connectivity index (χ2v) is 7.64. The van der Waals surface area contributed by atoms with Crippen LogP contribution in [0.3, 0.4) is 0 Å². The Labute approximate surface area is 190 Å². The molecule has 0 fully saturated rings. The van der Waals surface area contributed by atoms with Crippen LogP contribution < -0.4 is 16.6 Å². The first-order chi connectivity index (χ1) is 14.7. The maximum absolute atomic E-state index is 12.7. The average Bonchev–Trinajstić information content (AvgIpc) is 2.72. The summed E-state index contributed by atoms with van der Waals surface area (Å²) in [5.41, 5.74) is -0.662. The second kappa shape index (κ2) is 9.55. The molecule has 0 aliphatic rings. The van der Waals surface area contributed by atoms with Gasteiger partial charge in [0.2, 0.25) is 0 Å². The third-order valence-corrected chi connectivity index (χ3v) is 5.19. The Bertz CT molecular complexity index is 1280. The van der Waals surface area contributed by atoms with Crippen molar-refractivity contribution in [3.05, 3.63) is 72.3 Å². The molecule has 1 aromatic heterocycles. The predicted molar refractivity (Wildman–Crippen MR) is 119 cm³/mol. The Balaban J connectivity index is 1.75. The summed E-state index contributed by atoms with van der Waals surface area (Å²) < 4.78 is 7.13. The average molecular weight is 485 g/mol. The summed E-state index contributed by atoms with van der Waals surface area (Å²) in [6.45, 7) is 0.684. The van der Waals surface area contributed by atoms with Crippen LogP contribution in [0.4, 0.5) is 5.69 Å². The molecule has 11 heteroatoms. The number of nitrogens with one attached hydrogen (secondary N) is 1. The highest BCUT2D eigenvalue weighted by molar-refractivity contribution is 6.42. The van der Waals surface area contributed by atoms with Crippen LogP contribution in [0, 0.1) is 0 Å². The van der Waals surface area contributed by atoms with Gasteiger partial charge in [-0.3, -0.25) is 23.5 Å². The number of esters is 1.